The van der Waals surface area contributed by atoms with Gasteiger partial charge in [-0.15, -0.1) is 0 Å². The Kier molecular flexibility index (Phi) is 5.27. The van der Waals surface area contributed by atoms with E-state index in [-0.39, 0.29) is 12.1 Å². The number of amides is 1. The van der Waals surface area contributed by atoms with Crippen LogP contribution in [0.2, 0.25) is 0 Å². The van der Waals surface area contributed by atoms with Crippen LogP contribution in [0.25, 0.3) is 0 Å². The molecule has 1 atom stereocenters. The number of ether oxygens (including phenoxy) is 1. The highest BCUT2D eigenvalue weighted by Crippen LogP contribution is 2.46. The van der Waals surface area contributed by atoms with Crippen LogP contribution in [-0.4, -0.2) is 12.1 Å². The number of fused-ring (bicyclic) bond motifs is 1. The molecule has 0 saturated heterocycles. The van der Waals surface area contributed by atoms with Gasteiger partial charge in [0.15, 0.2) is 0 Å². The van der Waals surface area contributed by atoms with Gasteiger partial charge in [-0.1, -0.05) is 50.2 Å². The maximum Gasteiger partial charge on any atom is 0.414 e. The molecule has 2 aromatic carbocycles. The summed E-state index contributed by atoms with van der Waals surface area (Å²) in [7, 11) is 0. The van der Waals surface area contributed by atoms with Gasteiger partial charge in [-0.05, 0) is 76.2 Å². The molecule has 142 valence electrons. The van der Waals surface area contributed by atoms with Crippen LogP contribution >= 0.6 is 15.9 Å². The first-order chi connectivity index (χ1) is 13.0. The van der Waals surface area contributed by atoms with Crippen LogP contribution in [-0.2, 0) is 17.8 Å². The second-order valence-corrected chi connectivity index (χ2v) is 8.87. The zero-order valence-electron chi connectivity index (χ0n) is 16.0. The number of anilines is 1. The summed E-state index contributed by atoms with van der Waals surface area (Å²) in [5.41, 5.74) is 4.59. The third-order valence-electron chi connectivity index (χ3n) is 5.68. The van der Waals surface area contributed by atoms with Crippen LogP contribution in [0, 0.1) is 5.92 Å². The van der Waals surface area contributed by atoms with Crippen molar-refractivity contribution in [2.45, 2.75) is 58.1 Å². The summed E-state index contributed by atoms with van der Waals surface area (Å²) in [5.74, 6) is 1.07. The van der Waals surface area contributed by atoms with Crippen molar-refractivity contribution in [2.75, 3.05) is 4.90 Å². The number of benzene rings is 2. The smallest absolute Gasteiger partial charge is 0.414 e. The molecular weight excluding hydrogens is 402 g/mol. The van der Waals surface area contributed by atoms with Crippen molar-refractivity contribution in [1.29, 1.82) is 0 Å². The zero-order chi connectivity index (χ0) is 19.0. The third-order valence-corrected chi connectivity index (χ3v) is 6.29. The fourth-order valence-electron chi connectivity index (χ4n) is 4.01. The minimum absolute atomic E-state index is 0.227. The Morgan fingerprint density at radius 3 is 2.59 bits per heavy atom. The maximum absolute atomic E-state index is 13.1. The maximum atomic E-state index is 13.1. The number of halogens is 1. The second kappa shape index (κ2) is 7.67. The van der Waals surface area contributed by atoms with Crippen LogP contribution in [0.4, 0.5) is 10.5 Å². The molecule has 1 amide bonds. The van der Waals surface area contributed by atoms with Crippen molar-refractivity contribution < 1.29 is 9.53 Å². The van der Waals surface area contributed by atoms with Gasteiger partial charge in [0.2, 0.25) is 0 Å². The summed E-state index contributed by atoms with van der Waals surface area (Å²) in [4.78, 5) is 15.1. The monoisotopic (exact) mass is 427 g/mol. The normalized spacial score (nSPS) is 19.1. The second-order valence-electron chi connectivity index (χ2n) is 8.02. The Morgan fingerprint density at radius 2 is 1.93 bits per heavy atom. The number of hydrogen-bond acceptors (Lipinski definition) is 2. The van der Waals surface area contributed by atoms with Crippen molar-refractivity contribution >= 4 is 27.7 Å². The van der Waals surface area contributed by atoms with E-state index in [0.29, 0.717) is 18.4 Å². The molecule has 1 unspecified atom stereocenters. The van der Waals surface area contributed by atoms with E-state index in [9.17, 15) is 4.79 Å². The van der Waals surface area contributed by atoms with Gasteiger partial charge in [0.1, 0.15) is 6.61 Å². The van der Waals surface area contributed by atoms with Crippen molar-refractivity contribution in [3.63, 3.8) is 0 Å². The summed E-state index contributed by atoms with van der Waals surface area (Å²) in [6, 6.07) is 14.6. The van der Waals surface area contributed by atoms with E-state index in [0.717, 1.165) is 28.6 Å². The molecule has 2 aliphatic rings. The third kappa shape index (κ3) is 3.91. The van der Waals surface area contributed by atoms with Gasteiger partial charge in [-0.25, -0.2) is 4.79 Å². The lowest BCUT2D eigenvalue weighted by Gasteiger charge is -2.38. The van der Waals surface area contributed by atoms with E-state index in [2.05, 4.69) is 41.9 Å². The SMILES string of the molecule is CC(C)c1cc(Br)c2c(c1)CCC(C1CC1)N2C(=O)OCc1ccccc1. The quantitative estimate of drug-likeness (QED) is 0.561. The fraction of sp³-hybridized carbons (Fsp3) is 0.435. The Hall–Kier alpha value is -1.81. The molecule has 1 aliphatic carbocycles. The highest BCUT2D eigenvalue weighted by Gasteiger charge is 2.42. The molecule has 2 aromatic rings. The van der Waals surface area contributed by atoms with E-state index in [1.807, 2.05) is 35.2 Å². The zero-order valence-corrected chi connectivity index (χ0v) is 17.5. The van der Waals surface area contributed by atoms with E-state index >= 15 is 0 Å². The van der Waals surface area contributed by atoms with Gasteiger partial charge >= 0.3 is 6.09 Å². The van der Waals surface area contributed by atoms with E-state index < -0.39 is 0 Å². The van der Waals surface area contributed by atoms with Gasteiger partial charge in [-0.2, -0.15) is 0 Å². The standard InChI is InChI=1S/C23H26BrNO2/c1-15(2)19-12-18-10-11-21(17-8-9-17)25(22(18)20(24)13-19)23(26)27-14-16-6-4-3-5-7-16/h3-7,12-13,15,17,21H,8-11,14H2,1-2H3. The molecule has 0 N–H and O–H groups in total. The summed E-state index contributed by atoms with van der Waals surface area (Å²) in [5, 5.41) is 0. The average Bonchev–Trinajstić information content (AvgIpc) is 3.51. The molecule has 27 heavy (non-hydrogen) atoms. The molecule has 1 aliphatic heterocycles. The molecule has 0 spiro atoms. The molecule has 1 saturated carbocycles. The highest BCUT2D eigenvalue weighted by molar-refractivity contribution is 9.10. The topological polar surface area (TPSA) is 29.5 Å². The molecule has 1 fully saturated rings. The Bertz CT molecular complexity index is 830. The van der Waals surface area contributed by atoms with Crippen LogP contribution < -0.4 is 4.90 Å². The molecule has 0 aromatic heterocycles. The van der Waals surface area contributed by atoms with Crippen molar-refractivity contribution in [3.8, 4) is 0 Å². The molecule has 4 rings (SSSR count). The van der Waals surface area contributed by atoms with Gasteiger partial charge in [0.25, 0.3) is 0 Å². The predicted molar refractivity (Wildman–Crippen MR) is 112 cm³/mol. The van der Waals surface area contributed by atoms with Crippen LogP contribution in [0.1, 0.15) is 55.7 Å². The fourth-order valence-corrected chi connectivity index (χ4v) is 4.72. The predicted octanol–water partition coefficient (Wildman–Crippen LogP) is 6.44. The Labute approximate surface area is 169 Å². The molecule has 0 bridgehead atoms. The number of rotatable bonds is 4. The molecule has 3 nitrogen and oxygen atoms in total. The van der Waals surface area contributed by atoms with Crippen molar-refractivity contribution in [1.82, 2.24) is 0 Å². The van der Waals surface area contributed by atoms with E-state index in [1.165, 1.54) is 24.0 Å². The molecule has 0 radical (unpaired) electrons. The van der Waals surface area contributed by atoms with Gasteiger partial charge in [0, 0.05) is 10.5 Å². The first-order valence-corrected chi connectivity index (χ1v) is 10.7. The lowest BCUT2D eigenvalue weighted by atomic mass is 9.90. The Morgan fingerprint density at radius 1 is 1.19 bits per heavy atom. The molecular formula is C23H26BrNO2. The highest BCUT2D eigenvalue weighted by atomic mass is 79.9. The summed E-state index contributed by atoms with van der Waals surface area (Å²) >= 11 is 3.75. The summed E-state index contributed by atoms with van der Waals surface area (Å²) in [6.07, 6.45) is 4.24. The number of hydrogen-bond donors (Lipinski definition) is 0. The largest absolute Gasteiger partial charge is 0.444 e. The van der Waals surface area contributed by atoms with E-state index in [1.54, 1.807) is 0 Å². The number of carbonyl (C=O) groups excluding carboxylic acids is 1. The first-order valence-electron chi connectivity index (χ1n) is 9.87. The molecule has 1 heterocycles. The van der Waals surface area contributed by atoms with Gasteiger partial charge in [-0.3, -0.25) is 4.90 Å². The number of aryl methyl sites for hydroxylation is 1. The first kappa shape index (κ1) is 18.5. The lowest BCUT2D eigenvalue weighted by molar-refractivity contribution is 0.142. The van der Waals surface area contributed by atoms with Crippen LogP contribution in [0.15, 0.2) is 46.9 Å². The lowest BCUT2D eigenvalue weighted by Crippen LogP contribution is -2.45. The number of nitrogens with zero attached hydrogens (tertiary/aromatic N) is 1. The molecule has 4 heteroatoms. The minimum atomic E-state index is -0.227. The van der Waals surface area contributed by atoms with E-state index in [4.69, 9.17) is 4.74 Å². The van der Waals surface area contributed by atoms with Crippen molar-refractivity contribution in [2.24, 2.45) is 5.92 Å². The van der Waals surface area contributed by atoms with Crippen LogP contribution in [0.3, 0.4) is 0 Å². The van der Waals surface area contributed by atoms with Crippen LogP contribution in [0.5, 0.6) is 0 Å². The van der Waals surface area contributed by atoms with Crippen molar-refractivity contribution in [3.05, 3.63) is 63.6 Å². The number of carbonyl (C=O) groups is 1. The van der Waals surface area contributed by atoms with Gasteiger partial charge < -0.3 is 4.74 Å². The summed E-state index contributed by atoms with van der Waals surface area (Å²) < 4.78 is 6.74. The average molecular weight is 428 g/mol. The minimum Gasteiger partial charge on any atom is -0.444 e. The summed E-state index contributed by atoms with van der Waals surface area (Å²) in [6.45, 7) is 4.72. The Balaban J connectivity index is 1.63. The van der Waals surface area contributed by atoms with Gasteiger partial charge in [0.05, 0.1) is 5.69 Å².